The van der Waals surface area contributed by atoms with Crippen molar-refractivity contribution in [1.82, 2.24) is 40.8 Å². The summed E-state index contributed by atoms with van der Waals surface area (Å²) in [7, 11) is 3.20. The fourth-order valence-corrected chi connectivity index (χ4v) is 9.10. The van der Waals surface area contributed by atoms with Gasteiger partial charge in [0, 0.05) is 108 Å². The van der Waals surface area contributed by atoms with Crippen LogP contribution in [0.4, 0.5) is 25.8 Å². The Kier molecular flexibility index (Phi) is 14.8. The van der Waals surface area contributed by atoms with Gasteiger partial charge in [0.25, 0.3) is 17.4 Å². The van der Waals surface area contributed by atoms with Crippen molar-refractivity contribution in [1.29, 1.82) is 0 Å². The molecular weight excluding hydrogens is 925 g/mol. The van der Waals surface area contributed by atoms with Crippen LogP contribution in [0.3, 0.4) is 0 Å². The molecule has 5 aromatic rings. The first-order valence-electron chi connectivity index (χ1n) is 22.9. The summed E-state index contributed by atoms with van der Waals surface area (Å²) in [5, 5.41) is 8.95. The van der Waals surface area contributed by atoms with E-state index in [2.05, 4.69) is 71.5 Å². The number of nitrogens with one attached hydrogen (secondary N) is 4. The largest absolute Gasteiger partial charge is 0.368 e. The first kappa shape index (κ1) is 47.5. The second-order valence-electron chi connectivity index (χ2n) is 17.5. The number of carbonyl (C=O) groups is 3. The van der Waals surface area contributed by atoms with Gasteiger partial charge in [0.1, 0.15) is 28.4 Å². The fourth-order valence-electron chi connectivity index (χ4n) is 8.67. The maximum atomic E-state index is 15.2. The minimum atomic E-state index is -0.397. The number of H-pyrrole nitrogens is 1. The Morgan fingerprint density at radius 3 is 1.87 bits per heavy atom. The number of aliphatic imine (C=N–C) groups is 1. The number of halogens is 3. The zero-order valence-corrected chi connectivity index (χ0v) is 39.9. The molecule has 0 spiro atoms. The Hall–Kier alpha value is -5.98. The predicted molar refractivity (Wildman–Crippen MR) is 259 cm³/mol. The molecule has 2 aromatic carbocycles. The zero-order valence-electron chi connectivity index (χ0n) is 38.3. The van der Waals surface area contributed by atoms with Gasteiger partial charge in [-0.3, -0.25) is 24.1 Å². The van der Waals surface area contributed by atoms with Gasteiger partial charge in [-0.15, -0.1) is 0 Å². The highest BCUT2D eigenvalue weighted by Gasteiger charge is 2.35. The second-order valence-corrected chi connectivity index (χ2v) is 18.0. The van der Waals surface area contributed by atoms with Crippen molar-refractivity contribution in [3.05, 3.63) is 116 Å². The number of rotatable bonds is 9. The number of benzene rings is 2. The van der Waals surface area contributed by atoms with Crippen molar-refractivity contribution in [2.45, 2.75) is 63.7 Å². The molecule has 2 aliphatic carbocycles. The van der Waals surface area contributed by atoms with Crippen molar-refractivity contribution in [3.8, 4) is 0 Å². The normalized spacial score (nSPS) is 17.1. The molecule has 6 heterocycles. The Morgan fingerprint density at radius 1 is 0.731 bits per heavy atom. The van der Waals surface area contributed by atoms with Gasteiger partial charge in [-0.1, -0.05) is 28.1 Å². The van der Waals surface area contributed by atoms with Crippen molar-refractivity contribution >= 4 is 67.3 Å². The number of piperazine rings is 2. The highest BCUT2D eigenvalue weighted by Crippen LogP contribution is 2.39. The van der Waals surface area contributed by atoms with Crippen LogP contribution < -0.4 is 31.3 Å². The average Bonchev–Trinajstić information content (AvgIpc) is 4.29. The topological polar surface area (TPSA) is 181 Å². The molecule has 0 atom stereocenters. The smallest absolute Gasteiger partial charge is 0.270 e. The third kappa shape index (κ3) is 10.9. The van der Waals surface area contributed by atoms with E-state index in [1.807, 2.05) is 32.0 Å². The number of fused-ring (bicyclic) bond motifs is 2. The number of pyridine rings is 2. The quantitative estimate of drug-likeness (QED) is 0.131. The van der Waals surface area contributed by atoms with E-state index in [9.17, 15) is 23.6 Å². The van der Waals surface area contributed by atoms with Crippen LogP contribution in [0.2, 0.25) is 0 Å². The minimum absolute atomic E-state index is 0.00868. The molecule has 3 aliphatic heterocycles. The predicted octanol–water partition coefficient (Wildman–Crippen LogP) is 5.81. The van der Waals surface area contributed by atoms with Gasteiger partial charge in [-0.25, -0.2) is 28.7 Å². The summed E-state index contributed by atoms with van der Waals surface area (Å²) in [6.07, 6.45) is 4.20. The number of aryl methyl sites for hydroxylation is 2. The lowest BCUT2D eigenvalue weighted by atomic mass is 9.96. The Labute approximate surface area is 396 Å². The number of hydrogen-bond donors (Lipinski definition) is 4. The second kappa shape index (κ2) is 20.9. The number of Topliss-reactive ketones (excluding diaryl/α,β-unsaturated/α-hetero) is 1. The summed E-state index contributed by atoms with van der Waals surface area (Å²) in [5.41, 5.74) is 8.57. The number of aromatic nitrogens is 4. The van der Waals surface area contributed by atoms with Crippen LogP contribution in [0.1, 0.15) is 86.4 Å². The first-order valence-corrected chi connectivity index (χ1v) is 24.0. The molecule has 2 saturated carbocycles. The van der Waals surface area contributed by atoms with Crippen molar-refractivity contribution < 1.29 is 23.2 Å². The molecule has 4 N–H and O–H groups in total. The van der Waals surface area contributed by atoms with Gasteiger partial charge in [0.2, 0.25) is 0 Å². The third-order valence-corrected chi connectivity index (χ3v) is 13.4. The van der Waals surface area contributed by atoms with Crippen molar-refractivity contribution in [3.63, 3.8) is 0 Å². The molecular formula is C49H56BrF2N11O4. The lowest BCUT2D eigenvalue weighted by Gasteiger charge is -2.36. The molecule has 5 aliphatic rings. The number of carbonyl (C=O) groups excluding carboxylic acids is 3. The molecule has 67 heavy (non-hydrogen) atoms. The highest BCUT2D eigenvalue weighted by atomic mass is 79.9. The summed E-state index contributed by atoms with van der Waals surface area (Å²) >= 11 is 3.24. The lowest BCUT2D eigenvalue weighted by molar-refractivity contribution is -0.112. The summed E-state index contributed by atoms with van der Waals surface area (Å²) < 4.78 is 29.2. The van der Waals surface area contributed by atoms with E-state index in [0.717, 1.165) is 101 Å². The molecule has 15 nitrogen and oxygen atoms in total. The number of amides is 2. The summed E-state index contributed by atoms with van der Waals surface area (Å²) in [6.45, 7) is 11.4. The van der Waals surface area contributed by atoms with Gasteiger partial charge < -0.3 is 30.7 Å². The maximum Gasteiger partial charge on any atom is 0.270 e. The van der Waals surface area contributed by atoms with Crippen LogP contribution in [0.25, 0.3) is 11.0 Å². The first-order chi connectivity index (χ1) is 32.4. The van der Waals surface area contributed by atoms with Gasteiger partial charge >= 0.3 is 0 Å². The molecule has 18 heteroatoms. The van der Waals surface area contributed by atoms with Crippen molar-refractivity contribution in [2.75, 3.05) is 76.3 Å². The summed E-state index contributed by atoms with van der Waals surface area (Å²) in [4.78, 5) is 74.4. The average molecular weight is 981 g/mol. The van der Waals surface area contributed by atoms with E-state index >= 15 is 4.39 Å². The van der Waals surface area contributed by atoms with Crippen LogP contribution in [0.15, 0.2) is 58.3 Å². The Bertz CT molecular complexity index is 2780. The Balaban J connectivity index is 0.000000150. The lowest BCUT2D eigenvalue weighted by Crippen LogP contribution is -2.46. The maximum absolute atomic E-state index is 15.2. The molecule has 2 saturated heterocycles. The summed E-state index contributed by atoms with van der Waals surface area (Å²) in [6, 6.07) is 14.6. The number of aromatic amines is 1. The minimum Gasteiger partial charge on any atom is -0.368 e. The molecule has 352 valence electrons. The number of nitrogens with zero attached hydrogens (tertiary/aromatic N) is 7. The molecule has 0 bridgehead atoms. The van der Waals surface area contributed by atoms with Gasteiger partial charge in [-0.2, -0.15) is 0 Å². The Morgan fingerprint density at radius 2 is 1.31 bits per heavy atom. The van der Waals surface area contributed by atoms with Crippen LogP contribution in [-0.4, -0.2) is 115 Å². The summed E-state index contributed by atoms with van der Waals surface area (Å²) in [5.74, 6) is -0.485. The molecule has 10 rings (SSSR count). The van der Waals surface area contributed by atoms with E-state index in [-0.39, 0.29) is 46.8 Å². The van der Waals surface area contributed by atoms with Crippen LogP contribution in [-0.2, 0) is 23.1 Å². The van der Waals surface area contributed by atoms with E-state index in [1.165, 1.54) is 0 Å². The van der Waals surface area contributed by atoms with E-state index in [0.29, 0.717) is 68.5 Å². The van der Waals surface area contributed by atoms with Crippen molar-refractivity contribution in [2.24, 2.45) is 10.9 Å². The van der Waals surface area contributed by atoms with E-state index in [4.69, 9.17) is 0 Å². The van der Waals surface area contributed by atoms with Gasteiger partial charge in [0.15, 0.2) is 11.6 Å². The molecule has 0 radical (unpaired) electrons. The van der Waals surface area contributed by atoms with E-state index in [1.54, 1.807) is 44.4 Å². The number of alkyl halides is 1. The monoisotopic (exact) mass is 979 g/mol. The molecule has 3 aromatic heterocycles. The number of anilines is 2. The number of ketones is 1. The highest BCUT2D eigenvalue weighted by molar-refractivity contribution is 9.08. The van der Waals surface area contributed by atoms with Crippen LogP contribution >= 0.6 is 15.9 Å². The standard InChI is InChI=1S/C24H27FN6O2.C13H11BrFNO.C12H18N4O/c1-14-19(8-7-18(27-14)23(32)26-2)31-11-9-30(10-12-31)13-16-5-6-17-22(20(16)25)29-24(33)21(28-17)15-3-4-15;14-6-8-3-4-10-9(12(8)15)5-11(17)13(16-10)7-1-2-7;1-9-11(16-7-5-14-6-8-16)4-3-10(15-9)12(17)13-2/h5-8,15H,3-4,9-13H2,1-2H3,(H,26,32)(H,29,33);3-4,7H,1-2,5-6H2;3-4,14H,5-8H2,1-2H3,(H,13,17). The van der Waals surface area contributed by atoms with Crippen LogP contribution in [0.5, 0.6) is 0 Å². The molecule has 4 fully saturated rings. The number of hydrogen-bond acceptors (Lipinski definition) is 12. The molecule has 0 unspecified atom stereocenters. The van der Waals surface area contributed by atoms with Crippen LogP contribution in [0, 0.1) is 31.4 Å². The third-order valence-electron chi connectivity index (χ3n) is 12.7. The zero-order chi connectivity index (χ0) is 47.4. The molecule has 2 amide bonds. The van der Waals surface area contributed by atoms with E-state index < -0.39 is 5.82 Å². The SMILES string of the molecule is CNC(=O)c1ccc(N2CCN(Cc3ccc4nc(C5CC5)c(=O)[nH]c4c3F)CC2)c(C)n1.CNC(=O)c1ccc(N2CCNCC2)c(C)n1.O=C1Cc2c(ccc(CBr)c2F)N=C1C1CC1. The van der Waals surface area contributed by atoms with Gasteiger partial charge in [-0.05, 0) is 81.5 Å². The fraction of sp³-hybridized carbons (Fsp3) is 0.429. The van der Waals surface area contributed by atoms with Gasteiger partial charge in [0.05, 0.1) is 39.7 Å².